The van der Waals surface area contributed by atoms with E-state index in [1.54, 1.807) is 57.9 Å². The number of anilines is 1. The minimum atomic E-state index is 0.130. The van der Waals surface area contributed by atoms with Gasteiger partial charge < -0.3 is 19.9 Å². The van der Waals surface area contributed by atoms with Crippen LogP contribution in [0, 0.1) is 11.3 Å². The highest BCUT2D eigenvalue weighted by Gasteiger charge is 2.17. The van der Waals surface area contributed by atoms with E-state index < -0.39 is 0 Å². The Bertz CT molecular complexity index is 1010. The second-order valence-corrected chi connectivity index (χ2v) is 5.58. The summed E-state index contributed by atoms with van der Waals surface area (Å²) in [6.07, 6.45) is 1.64. The van der Waals surface area contributed by atoms with Gasteiger partial charge in [-0.1, -0.05) is 0 Å². The lowest BCUT2D eigenvalue weighted by atomic mass is 9.97. The van der Waals surface area contributed by atoms with E-state index in [2.05, 4.69) is 16.0 Å². The molecule has 0 saturated carbocycles. The van der Waals surface area contributed by atoms with Gasteiger partial charge >= 0.3 is 0 Å². The lowest BCUT2D eigenvalue weighted by Crippen LogP contribution is -2.01. The monoisotopic (exact) mass is 362 g/mol. The standard InChI is InChI=1S/C20H18N4O3/c1-25-13-5-6-18(26-2)15(8-13)14-9-17(24-20(22)16(14)10-21)12-4-7-19(27-3)23-11-12/h4-9,11H,1-3H3,(H2,22,24). The largest absolute Gasteiger partial charge is 0.497 e. The summed E-state index contributed by atoms with van der Waals surface area (Å²) in [5.74, 6) is 1.86. The molecule has 3 aromatic rings. The molecular weight excluding hydrogens is 344 g/mol. The van der Waals surface area contributed by atoms with Gasteiger partial charge in [0.15, 0.2) is 0 Å². The summed E-state index contributed by atoms with van der Waals surface area (Å²) in [4.78, 5) is 8.55. The maximum absolute atomic E-state index is 9.61. The molecule has 0 amide bonds. The Morgan fingerprint density at radius 2 is 1.78 bits per heavy atom. The molecule has 0 saturated heterocycles. The molecule has 2 N–H and O–H groups in total. The van der Waals surface area contributed by atoms with Crippen molar-refractivity contribution in [1.29, 1.82) is 5.26 Å². The fourth-order valence-electron chi connectivity index (χ4n) is 2.72. The van der Waals surface area contributed by atoms with E-state index >= 15 is 0 Å². The maximum Gasteiger partial charge on any atom is 0.212 e. The summed E-state index contributed by atoms with van der Waals surface area (Å²) in [7, 11) is 4.69. The highest BCUT2D eigenvalue weighted by Crippen LogP contribution is 2.38. The first-order valence-electron chi connectivity index (χ1n) is 8.04. The second-order valence-electron chi connectivity index (χ2n) is 5.58. The van der Waals surface area contributed by atoms with E-state index in [4.69, 9.17) is 19.9 Å². The number of benzene rings is 1. The first kappa shape index (κ1) is 18.0. The van der Waals surface area contributed by atoms with E-state index in [1.807, 2.05) is 6.07 Å². The van der Waals surface area contributed by atoms with E-state index in [-0.39, 0.29) is 11.4 Å². The Labute approximate surface area is 157 Å². The van der Waals surface area contributed by atoms with E-state index in [1.165, 1.54) is 0 Å². The summed E-state index contributed by atoms with van der Waals surface area (Å²) in [5.41, 5.74) is 8.96. The number of nitrogens with zero attached hydrogens (tertiary/aromatic N) is 3. The van der Waals surface area contributed by atoms with Crippen LogP contribution in [0.4, 0.5) is 5.82 Å². The average molecular weight is 362 g/mol. The molecule has 0 spiro atoms. The van der Waals surface area contributed by atoms with Crippen molar-refractivity contribution in [2.24, 2.45) is 0 Å². The zero-order valence-corrected chi connectivity index (χ0v) is 15.2. The lowest BCUT2D eigenvalue weighted by molar-refractivity contribution is 0.398. The number of pyridine rings is 2. The van der Waals surface area contributed by atoms with Crippen LogP contribution in [0.1, 0.15) is 5.56 Å². The number of rotatable bonds is 5. The van der Waals surface area contributed by atoms with Crippen molar-refractivity contribution in [3.63, 3.8) is 0 Å². The number of nitrogens with two attached hydrogens (primary N) is 1. The van der Waals surface area contributed by atoms with Crippen LogP contribution in [0.15, 0.2) is 42.6 Å². The minimum Gasteiger partial charge on any atom is -0.497 e. The van der Waals surface area contributed by atoms with Crippen molar-refractivity contribution in [2.45, 2.75) is 0 Å². The van der Waals surface area contributed by atoms with E-state index in [0.29, 0.717) is 34.2 Å². The molecule has 0 bridgehead atoms. The van der Waals surface area contributed by atoms with Crippen molar-refractivity contribution >= 4 is 5.82 Å². The number of nitriles is 1. The predicted molar refractivity (Wildman–Crippen MR) is 102 cm³/mol. The molecule has 0 fully saturated rings. The van der Waals surface area contributed by atoms with Gasteiger partial charge in [-0.05, 0) is 30.3 Å². The van der Waals surface area contributed by atoms with Crippen LogP contribution in [-0.2, 0) is 0 Å². The van der Waals surface area contributed by atoms with Gasteiger partial charge in [0.25, 0.3) is 0 Å². The molecule has 0 aliphatic carbocycles. The zero-order chi connectivity index (χ0) is 19.4. The zero-order valence-electron chi connectivity index (χ0n) is 15.2. The lowest BCUT2D eigenvalue weighted by Gasteiger charge is -2.14. The van der Waals surface area contributed by atoms with Gasteiger partial charge in [-0.3, -0.25) is 0 Å². The van der Waals surface area contributed by atoms with Crippen LogP contribution in [0.25, 0.3) is 22.4 Å². The van der Waals surface area contributed by atoms with Gasteiger partial charge in [0.2, 0.25) is 5.88 Å². The van der Waals surface area contributed by atoms with E-state index in [0.717, 1.165) is 5.56 Å². The molecule has 0 aliphatic rings. The highest BCUT2D eigenvalue weighted by atomic mass is 16.5. The summed E-state index contributed by atoms with van der Waals surface area (Å²) < 4.78 is 15.9. The molecule has 3 rings (SSSR count). The van der Waals surface area contributed by atoms with Gasteiger partial charge in [-0.2, -0.15) is 5.26 Å². The fraction of sp³-hybridized carbons (Fsp3) is 0.150. The third-order valence-corrected chi connectivity index (χ3v) is 4.10. The van der Waals surface area contributed by atoms with Crippen LogP contribution < -0.4 is 19.9 Å². The van der Waals surface area contributed by atoms with Crippen LogP contribution in [0.5, 0.6) is 17.4 Å². The maximum atomic E-state index is 9.61. The topological polar surface area (TPSA) is 103 Å². The van der Waals surface area contributed by atoms with Crippen LogP contribution in [0.3, 0.4) is 0 Å². The van der Waals surface area contributed by atoms with Crippen molar-refractivity contribution in [1.82, 2.24) is 9.97 Å². The average Bonchev–Trinajstić information content (AvgIpc) is 2.72. The Balaban J connectivity index is 2.23. The third-order valence-electron chi connectivity index (χ3n) is 4.10. The van der Waals surface area contributed by atoms with Crippen LogP contribution in [0.2, 0.25) is 0 Å². The molecule has 2 aromatic heterocycles. The Morgan fingerprint density at radius 3 is 2.37 bits per heavy atom. The molecule has 7 nitrogen and oxygen atoms in total. The summed E-state index contributed by atoms with van der Waals surface area (Å²) in [5, 5.41) is 9.61. The smallest absolute Gasteiger partial charge is 0.212 e. The highest BCUT2D eigenvalue weighted by molar-refractivity contribution is 5.83. The summed E-state index contributed by atoms with van der Waals surface area (Å²) in [6.45, 7) is 0. The predicted octanol–water partition coefficient (Wildman–Crippen LogP) is 3.29. The number of nitrogen functional groups attached to an aromatic ring is 1. The molecule has 0 atom stereocenters. The number of methoxy groups -OCH3 is 3. The SMILES string of the molecule is COc1ccc(OC)c(-c2cc(-c3ccc(OC)nc3)nc(N)c2C#N)c1. The third kappa shape index (κ3) is 3.46. The minimum absolute atomic E-state index is 0.130. The van der Waals surface area contributed by atoms with Gasteiger partial charge in [-0.15, -0.1) is 0 Å². The van der Waals surface area contributed by atoms with Crippen LogP contribution in [-0.4, -0.2) is 31.3 Å². The van der Waals surface area contributed by atoms with Gasteiger partial charge in [-0.25, -0.2) is 9.97 Å². The Kier molecular flexibility index (Phi) is 5.08. The molecule has 0 aliphatic heterocycles. The van der Waals surface area contributed by atoms with Crippen LogP contribution >= 0.6 is 0 Å². The summed E-state index contributed by atoms with van der Waals surface area (Å²) >= 11 is 0. The number of aromatic nitrogens is 2. The van der Waals surface area contributed by atoms with Gasteiger partial charge in [0.1, 0.15) is 28.9 Å². The number of hydrogen-bond donors (Lipinski definition) is 1. The Hall–Kier alpha value is -3.79. The van der Waals surface area contributed by atoms with Crippen molar-refractivity contribution in [3.8, 4) is 45.8 Å². The van der Waals surface area contributed by atoms with E-state index in [9.17, 15) is 5.26 Å². The molecule has 2 heterocycles. The first-order valence-corrected chi connectivity index (χ1v) is 8.04. The second kappa shape index (κ2) is 7.62. The van der Waals surface area contributed by atoms with Crippen molar-refractivity contribution < 1.29 is 14.2 Å². The molecule has 1 aromatic carbocycles. The normalized spacial score (nSPS) is 10.1. The fourth-order valence-corrected chi connectivity index (χ4v) is 2.72. The first-order chi connectivity index (χ1) is 13.1. The number of ether oxygens (including phenoxy) is 3. The van der Waals surface area contributed by atoms with Gasteiger partial charge in [0, 0.05) is 29.0 Å². The number of hydrogen-bond acceptors (Lipinski definition) is 7. The summed E-state index contributed by atoms with van der Waals surface area (Å²) in [6, 6.07) is 12.8. The molecule has 0 radical (unpaired) electrons. The van der Waals surface area contributed by atoms with Gasteiger partial charge in [0.05, 0.1) is 27.0 Å². The molecule has 0 unspecified atom stereocenters. The Morgan fingerprint density at radius 1 is 0.963 bits per heavy atom. The molecular formula is C20H18N4O3. The molecule has 27 heavy (non-hydrogen) atoms. The molecule has 7 heteroatoms. The van der Waals surface area contributed by atoms with Crippen molar-refractivity contribution in [2.75, 3.05) is 27.1 Å². The van der Waals surface area contributed by atoms with Crippen molar-refractivity contribution in [3.05, 3.63) is 48.2 Å². The molecule has 136 valence electrons. The quantitative estimate of drug-likeness (QED) is 0.743.